The Kier molecular flexibility index (Phi) is 11.0. The highest BCUT2D eigenvalue weighted by atomic mass is 35.5. The van der Waals surface area contributed by atoms with Gasteiger partial charge in [-0.1, -0.05) is 6.92 Å². The molecule has 0 aromatic heterocycles. The van der Waals surface area contributed by atoms with E-state index in [2.05, 4.69) is 17.6 Å². The van der Waals surface area contributed by atoms with Crippen molar-refractivity contribution in [3.8, 4) is 5.75 Å². The van der Waals surface area contributed by atoms with E-state index in [1.165, 1.54) is 12.8 Å². The second kappa shape index (κ2) is 12.7. The van der Waals surface area contributed by atoms with Gasteiger partial charge in [0.25, 0.3) is 0 Å². The van der Waals surface area contributed by atoms with E-state index in [4.69, 9.17) is 4.74 Å². The third kappa shape index (κ3) is 8.19. The summed E-state index contributed by atoms with van der Waals surface area (Å²) >= 11 is 0. The van der Waals surface area contributed by atoms with Crippen molar-refractivity contribution in [1.29, 1.82) is 0 Å². The van der Waals surface area contributed by atoms with Crippen LogP contribution in [0.25, 0.3) is 0 Å². The number of carbonyl (C=O) groups excluding carboxylic acids is 2. The molecule has 1 amide bonds. The van der Waals surface area contributed by atoms with Gasteiger partial charge in [-0.15, -0.1) is 12.4 Å². The van der Waals surface area contributed by atoms with Gasteiger partial charge in [0, 0.05) is 24.9 Å². The highest BCUT2D eigenvalue weighted by molar-refractivity contribution is 5.98. The van der Waals surface area contributed by atoms with Gasteiger partial charge in [0.2, 0.25) is 5.91 Å². The van der Waals surface area contributed by atoms with E-state index in [0.717, 1.165) is 31.7 Å². The second-order valence-electron chi connectivity index (χ2n) is 6.65. The number of amides is 1. The fourth-order valence-electron chi connectivity index (χ4n) is 3.00. The zero-order valence-electron chi connectivity index (χ0n) is 15.6. The molecule has 0 spiro atoms. The first kappa shape index (κ1) is 22.5. The molecule has 1 aliphatic heterocycles. The molecule has 2 N–H and O–H groups in total. The van der Waals surface area contributed by atoms with Gasteiger partial charge in [-0.25, -0.2) is 0 Å². The normalized spacial score (nSPS) is 16.4. The summed E-state index contributed by atoms with van der Waals surface area (Å²) in [6.45, 7) is 5.57. The molecule has 0 radical (unpaired) electrons. The van der Waals surface area contributed by atoms with Gasteiger partial charge in [-0.3, -0.25) is 9.59 Å². The first-order valence-electron chi connectivity index (χ1n) is 9.42. The van der Waals surface area contributed by atoms with Gasteiger partial charge in [0.1, 0.15) is 5.75 Å². The lowest BCUT2D eigenvalue weighted by molar-refractivity contribution is -0.121. The molecule has 1 aromatic rings. The Hall–Kier alpha value is -1.59. The molecule has 26 heavy (non-hydrogen) atoms. The van der Waals surface area contributed by atoms with Crippen LogP contribution in [0, 0.1) is 5.92 Å². The Morgan fingerprint density at radius 3 is 2.65 bits per heavy atom. The molecule has 1 unspecified atom stereocenters. The molecule has 1 heterocycles. The van der Waals surface area contributed by atoms with Crippen LogP contribution < -0.4 is 15.4 Å². The first-order chi connectivity index (χ1) is 12.2. The number of rotatable bonds is 10. The van der Waals surface area contributed by atoms with E-state index in [1.54, 1.807) is 24.3 Å². The summed E-state index contributed by atoms with van der Waals surface area (Å²) in [7, 11) is 0. The number of benzene rings is 1. The second-order valence-corrected chi connectivity index (χ2v) is 6.65. The summed E-state index contributed by atoms with van der Waals surface area (Å²) in [5.41, 5.74) is 0.630. The SMILES string of the molecule is CCCOc1ccc(C(=O)CCC(=O)NCCC2CCCNC2)cc1.Cl. The number of ketones is 1. The molecule has 0 bridgehead atoms. The van der Waals surface area contributed by atoms with Gasteiger partial charge in [-0.2, -0.15) is 0 Å². The molecule has 0 saturated carbocycles. The number of nitrogens with one attached hydrogen (secondary N) is 2. The molecular weight excluding hydrogens is 352 g/mol. The lowest BCUT2D eigenvalue weighted by Gasteiger charge is -2.22. The maximum absolute atomic E-state index is 12.2. The average molecular weight is 383 g/mol. The summed E-state index contributed by atoms with van der Waals surface area (Å²) in [4.78, 5) is 24.1. The summed E-state index contributed by atoms with van der Waals surface area (Å²) in [5, 5.41) is 6.31. The first-order valence-corrected chi connectivity index (χ1v) is 9.42. The summed E-state index contributed by atoms with van der Waals surface area (Å²) < 4.78 is 5.50. The molecule has 1 fully saturated rings. The van der Waals surface area contributed by atoms with Gasteiger partial charge < -0.3 is 15.4 Å². The quantitative estimate of drug-likeness (QED) is 0.609. The van der Waals surface area contributed by atoms with Crippen LogP contribution in [0.4, 0.5) is 0 Å². The fourth-order valence-corrected chi connectivity index (χ4v) is 3.00. The Balaban J connectivity index is 0.00000338. The Labute approximate surface area is 162 Å². The summed E-state index contributed by atoms with van der Waals surface area (Å²) in [6, 6.07) is 7.14. The Bertz CT molecular complexity index is 542. The lowest BCUT2D eigenvalue weighted by Crippen LogP contribution is -2.33. The monoisotopic (exact) mass is 382 g/mol. The number of ether oxygens (including phenoxy) is 1. The molecule has 0 aliphatic carbocycles. The van der Waals surface area contributed by atoms with Crippen LogP contribution in [-0.2, 0) is 4.79 Å². The zero-order valence-corrected chi connectivity index (χ0v) is 16.4. The molecule has 1 atom stereocenters. The van der Waals surface area contributed by atoms with Crippen LogP contribution in [-0.4, -0.2) is 37.9 Å². The molecule has 146 valence electrons. The van der Waals surface area contributed by atoms with Crippen molar-refractivity contribution in [2.45, 2.75) is 45.4 Å². The third-order valence-electron chi connectivity index (χ3n) is 4.50. The van der Waals surface area contributed by atoms with Crippen molar-refractivity contribution in [2.75, 3.05) is 26.2 Å². The van der Waals surface area contributed by atoms with Crippen LogP contribution in [0.5, 0.6) is 5.75 Å². The van der Waals surface area contributed by atoms with Crippen molar-refractivity contribution in [3.63, 3.8) is 0 Å². The number of carbonyl (C=O) groups is 2. The largest absolute Gasteiger partial charge is 0.494 e. The average Bonchev–Trinajstić information content (AvgIpc) is 2.65. The minimum absolute atomic E-state index is 0. The lowest BCUT2D eigenvalue weighted by atomic mass is 9.96. The molecule has 1 aliphatic rings. The fraction of sp³-hybridized carbons (Fsp3) is 0.600. The van der Waals surface area contributed by atoms with E-state index in [9.17, 15) is 9.59 Å². The van der Waals surface area contributed by atoms with Gasteiger partial charge in [-0.05, 0) is 69.0 Å². The number of hydrogen-bond donors (Lipinski definition) is 2. The van der Waals surface area contributed by atoms with Crippen molar-refractivity contribution >= 4 is 24.1 Å². The van der Waals surface area contributed by atoms with E-state index < -0.39 is 0 Å². The van der Waals surface area contributed by atoms with E-state index in [1.807, 2.05) is 0 Å². The van der Waals surface area contributed by atoms with Gasteiger partial charge >= 0.3 is 0 Å². The van der Waals surface area contributed by atoms with Crippen molar-refractivity contribution in [3.05, 3.63) is 29.8 Å². The van der Waals surface area contributed by atoms with Crippen LogP contribution in [0.15, 0.2) is 24.3 Å². The van der Waals surface area contributed by atoms with E-state index in [-0.39, 0.29) is 36.9 Å². The molecule has 6 heteroatoms. The number of Topliss-reactive ketones (excluding diaryl/α,β-unsaturated/α-hetero) is 1. The van der Waals surface area contributed by atoms with Crippen molar-refractivity contribution in [1.82, 2.24) is 10.6 Å². The van der Waals surface area contributed by atoms with Crippen LogP contribution in [0.1, 0.15) is 55.8 Å². The molecule has 1 saturated heterocycles. The molecular formula is C20H31ClN2O3. The van der Waals surface area contributed by atoms with Gasteiger partial charge in [0.05, 0.1) is 6.61 Å². The topological polar surface area (TPSA) is 67.4 Å². The van der Waals surface area contributed by atoms with Crippen LogP contribution >= 0.6 is 12.4 Å². The number of piperidine rings is 1. The van der Waals surface area contributed by atoms with Gasteiger partial charge in [0.15, 0.2) is 5.78 Å². The van der Waals surface area contributed by atoms with E-state index >= 15 is 0 Å². The third-order valence-corrected chi connectivity index (χ3v) is 4.50. The predicted molar refractivity (Wildman–Crippen MR) is 106 cm³/mol. The summed E-state index contributed by atoms with van der Waals surface area (Å²) in [6.07, 6.45) is 4.90. The highest BCUT2D eigenvalue weighted by Gasteiger charge is 2.13. The minimum Gasteiger partial charge on any atom is -0.494 e. The maximum Gasteiger partial charge on any atom is 0.220 e. The smallest absolute Gasteiger partial charge is 0.220 e. The standard InChI is InChI=1S/C20H30N2O3.ClH/c1-2-14-25-18-7-5-17(6-8-18)19(23)9-10-20(24)22-13-11-16-4-3-12-21-15-16;/h5-8,16,21H,2-4,9-15H2,1H3,(H,22,24);1H. The maximum atomic E-state index is 12.2. The molecule has 5 nitrogen and oxygen atoms in total. The zero-order chi connectivity index (χ0) is 17.9. The number of halogens is 1. The van der Waals surface area contributed by atoms with Crippen LogP contribution in [0.2, 0.25) is 0 Å². The number of hydrogen-bond acceptors (Lipinski definition) is 4. The van der Waals surface area contributed by atoms with Crippen molar-refractivity contribution < 1.29 is 14.3 Å². The van der Waals surface area contributed by atoms with Crippen molar-refractivity contribution in [2.24, 2.45) is 5.92 Å². The summed E-state index contributed by atoms with van der Waals surface area (Å²) in [5.74, 6) is 1.38. The van der Waals surface area contributed by atoms with Crippen LogP contribution in [0.3, 0.4) is 0 Å². The molecule has 1 aromatic carbocycles. The van der Waals surface area contributed by atoms with E-state index in [0.29, 0.717) is 24.6 Å². The Morgan fingerprint density at radius 2 is 2.00 bits per heavy atom. The molecule has 2 rings (SSSR count). The minimum atomic E-state index is -0.0417. The Morgan fingerprint density at radius 1 is 1.23 bits per heavy atom. The predicted octanol–water partition coefficient (Wildman–Crippen LogP) is 3.37. The highest BCUT2D eigenvalue weighted by Crippen LogP contribution is 2.15.